The number of alkyl halides is 3. The summed E-state index contributed by atoms with van der Waals surface area (Å²) in [5, 5.41) is 0. The van der Waals surface area contributed by atoms with Crippen LogP contribution in [0.4, 0.5) is 18.9 Å². The van der Waals surface area contributed by atoms with Crippen LogP contribution in [0.5, 0.6) is 5.75 Å². The summed E-state index contributed by atoms with van der Waals surface area (Å²) >= 11 is 0. The Morgan fingerprint density at radius 3 is 2.42 bits per heavy atom. The maximum Gasteiger partial charge on any atom is 0.416 e. The largest absolute Gasteiger partial charge is 0.493 e. The third-order valence-corrected chi connectivity index (χ3v) is 8.33. The van der Waals surface area contributed by atoms with Crippen molar-refractivity contribution < 1.29 is 22.7 Å². The van der Waals surface area contributed by atoms with E-state index in [1.165, 1.54) is 23.3 Å². The van der Waals surface area contributed by atoms with E-state index in [0.29, 0.717) is 37.8 Å². The number of nitrogens with zero attached hydrogens (tertiary/aromatic N) is 3. The molecule has 0 N–H and O–H groups in total. The lowest BCUT2D eigenvalue weighted by Gasteiger charge is -2.46. The molecule has 8 heteroatoms. The summed E-state index contributed by atoms with van der Waals surface area (Å²) < 4.78 is 45.2. The number of hydrogen-bond donors (Lipinski definition) is 0. The molecule has 0 unspecified atom stereocenters. The molecule has 3 aliphatic rings. The fourth-order valence-corrected chi connectivity index (χ4v) is 6.40. The summed E-state index contributed by atoms with van der Waals surface area (Å²) in [6, 6.07) is 12.0. The first-order valence-electron chi connectivity index (χ1n) is 13.8. The predicted molar refractivity (Wildman–Crippen MR) is 142 cm³/mol. The lowest BCUT2D eigenvalue weighted by molar-refractivity contribution is -0.147. The van der Waals surface area contributed by atoms with Gasteiger partial charge in [0.25, 0.3) is 0 Å². The van der Waals surface area contributed by atoms with Crippen molar-refractivity contribution in [1.29, 1.82) is 0 Å². The molecule has 2 aromatic carbocycles. The maximum atomic E-state index is 14.0. The summed E-state index contributed by atoms with van der Waals surface area (Å²) in [6.07, 6.45) is -0.849. The molecule has 0 spiro atoms. The van der Waals surface area contributed by atoms with E-state index in [0.717, 1.165) is 63.7 Å². The van der Waals surface area contributed by atoms with Gasteiger partial charge in [0.2, 0.25) is 5.91 Å². The van der Waals surface area contributed by atoms with Gasteiger partial charge in [0.15, 0.2) is 0 Å². The number of carbonyl (C=O) groups is 1. The topological polar surface area (TPSA) is 36.0 Å². The second kappa shape index (κ2) is 10.8. The van der Waals surface area contributed by atoms with Crippen LogP contribution < -0.4 is 9.64 Å². The zero-order valence-electron chi connectivity index (χ0n) is 22.4. The molecule has 5 rings (SSSR count). The van der Waals surface area contributed by atoms with Gasteiger partial charge in [-0.1, -0.05) is 32.0 Å². The number of carbonyl (C=O) groups excluding carboxylic acids is 1. The van der Waals surface area contributed by atoms with Crippen molar-refractivity contribution in [3.05, 3.63) is 59.2 Å². The van der Waals surface area contributed by atoms with Gasteiger partial charge in [-0.15, -0.1) is 0 Å². The fourth-order valence-electron chi connectivity index (χ4n) is 6.40. The van der Waals surface area contributed by atoms with Crippen molar-refractivity contribution in [3.8, 4) is 5.75 Å². The van der Waals surface area contributed by atoms with Crippen molar-refractivity contribution in [3.63, 3.8) is 0 Å². The van der Waals surface area contributed by atoms with Gasteiger partial charge in [0.05, 0.1) is 17.6 Å². The van der Waals surface area contributed by atoms with E-state index in [4.69, 9.17) is 4.74 Å². The Bertz CT molecular complexity index is 1130. The zero-order chi connectivity index (χ0) is 26.9. The number of hydrogen-bond acceptors (Lipinski definition) is 4. The van der Waals surface area contributed by atoms with E-state index >= 15 is 0 Å². The molecule has 2 fully saturated rings. The minimum Gasteiger partial charge on any atom is -0.493 e. The quantitative estimate of drug-likeness (QED) is 0.487. The predicted octanol–water partition coefficient (Wildman–Crippen LogP) is 5.62. The number of rotatable bonds is 6. The molecule has 5 nitrogen and oxygen atoms in total. The molecule has 0 aliphatic carbocycles. The SMILES string of the molecule is CC(C)CC1(C(=O)N2CCN(c3cccc(C(F)(F)F)c3)CC2)CCN(Cc2ccc3c(c2)CCO3)CC1. The van der Waals surface area contributed by atoms with Gasteiger partial charge in [-0.2, -0.15) is 13.2 Å². The second-order valence-electron chi connectivity index (χ2n) is 11.5. The molecule has 38 heavy (non-hydrogen) atoms. The number of anilines is 1. The molecule has 3 aliphatic heterocycles. The highest BCUT2D eigenvalue weighted by Crippen LogP contribution is 2.41. The van der Waals surface area contributed by atoms with Crippen LogP contribution in [-0.4, -0.2) is 61.6 Å². The first kappa shape index (κ1) is 26.9. The number of piperazine rings is 1. The third-order valence-electron chi connectivity index (χ3n) is 8.33. The molecule has 2 saturated heterocycles. The summed E-state index contributed by atoms with van der Waals surface area (Å²) in [7, 11) is 0. The van der Waals surface area contributed by atoms with E-state index in [1.54, 1.807) is 6.07 Å². The minimum atomic E-state index is -4.36. The minimum absolute atomic E-state index is 0.226. The monoisotopic (exact) mass is 529 g/mol. The van der Waals surface area contributed by atoms with Crippen molar-refractivity contribution in [2.75, 3.05) is 50.8 Å². The molecule has 0 atom stereocenters. The van der Waals surface area contributed by atoms with E-state index in [-0.39, 0.29) is 11.3 Å². The molecule has 0 saturated carbocycles. The molecule has 3 heterocycles. The van der Waals surface area contributed by atoms with Crippen LogP contribution >= 0.6 is 0 Å². The number of halogens is 3. The molecule has 0 bridgehead atoms. The number of benzene rings is 2. The van der Waals surface area contributed by atoms with Crippen LogP contribution in [0.1, 0.15) is 49.8 Å². The average Bonchev–Trinajstić information content (AvgIpc) is 3.37. The fraction of sp³-hybridized carbons (Fsp3) is 0.567. The molecule has 1 amide bonds. The molecule has 0 radical (unpaired) electrons. The summed E-state index contributed by atoms with van der Waals surface area (Å²) in [6.45, 7) is 9.93. The highest BCUT2D eigenvalue weighted by molar-refractivity contribution is 5.83. The van der Waals surface area contributed by atoms with Crippen LogP contribution in [0, 0.1) is 11.3 Å². The van der Waals surface area contributed by atoms with E-state index in [9.17, 15) is 18.0 Å². The molecular formula is C30H38F3N3O2. The standard InChI is InChI=1S/C30H38F3N3O2/c1-22(2)20-29(9-11-34(12-10-29)21-23-6-7-27-24(18-23)8-17-38-27)28(37)36-15-13-35(14-16-36)26-5-3-4-25(19-26)30(31,32)33/h3-7,18-19,22H,8-17,20-21H2,1-2H3. The molecule has 0 aromatic heterocycles. The van der Waals surface area contributed by atoms with E-state index in [2.05, 4.69) is 36.9 Å². The van der Waals surface area contributed by atoms with Gasteiger partial charge in [0.1, 0.15) is 5.75 Å². The first-order chi connectivity index (χ1) is 18.1. The lowest BCUT2D eigenvalue weighted by atomic mass is 9.71. The van der Waals surface area contributed by atoms with Crippen molar-refractivity contribution in [1.82, 2.24) is 9.80 Å². The maximum absolute atomic E-state index is 14.0. The number of ether oxygens (including phenoxy) is 1. The Hall–Kier alpha value is -2.74. The lowest BCUT2D eigenvalue weighted by Crippen LogP contribution is -2.56. The van der Waals surface area contributed by atoms with Gasteiger partial charge in [-0.25, -0.2) is 0 Å². The van der Waals surface area contributed by atoms with Crippen LogP contribution in [-0.2, 0) is 23.9 Å². The van der Waals surface area contributed by atoms with Crippen LogP contribution in [0.25, 0.3) is 0 Å². The van der Waals surface area contributed by atoms with Crippen molar-refractivity contribution >= 4 is 11.6 Å². The Morgan fingerprint density at radius 1 is 1.00 bits per heavy atom. The van der Waals surface area contributed by atoms with Crippen LogP contribution in [0.2, 0.25) is 0 Å². The van der Waals surface area contributed by atoms with Gasteiger partial charge < -0.3 is 14.5 Å². The normalized spacial score (nSPS) is 19.9. The number of piperidine rings is 1. The average molecular weight is 530 g/mol. The van der Waals surface area contributed by atoms with Gasteiger partial charge in [-0.05, 0) is 73.7 Å². The Morgan fingerprint density at radius 2 is 1.74 bits per heavy atom. The smallest absolute Gasteiger partial charge is 0.416 e. The zero-order valence-corrected chi connectivity index (χ0v) is 22.4. The Kier molecular flexibility index (Phi) is 7.63. The summed E-state index contributed by atoms with van der Waals surface area (Å²) in [5.74, 6) is 1.64. The highest BCUT2D eigenvalue weighted by Gasteiger charge is 2.44. The van der Waals surface area contributed by atoms with Gasteiger partial charge >= 0.3 is 6.18 Å². The second-order valence-corrected chi connectivity index (χ2v) is 11.5. The van der Waals surface area contributed by atoms with Gasteiger partial charge in [0, 0.05) is 44.8 Å². The first-order valence-corrected chi connectivity index (χ1v) is 13.8. The number of amides is 1. The molecule has 206 valence electrons. The van der Waals surface area contributed by atoms with E-state index < -0.39 is 11.7 Å². The summed E-state index contributed by atoms with van der Waals surface area (Å²) in [4.78, 5) is 20.3. The highest BCUT2D eigenvalue weighted by atomic mass is 19.4. The number of likely N-dealkylation sites (tertiary alicyclic amines) is 1. The van der Waals surface area contributed by atoms with Crippen LogP contribution in [0.3, 0.4) is 0 Å². The Labute approximate surface area is 223 Å². The van der Waals surface area contributed by atoms with Crippen LogP contribution in [0.15, 0.2) is 42.5 Å². The van der Waals surface area contributed by atoms with Crippen molar-refractivity contribution in [2.24, 2.45) is 11.3 Å². The summed E-state index contributed by atoms with van der Waals surface area (Å²) in [5.41, 5.74) is 2.14. The van der Waals surface area contributed by atoms with Gasteiger partial charge in [-0.3, -0.25) is 9.69 Å². The van der Waals surface area contributed by atoms with Crippen molar-refractivity contribution in [2.45, 2.75) is 52.3 Å². The Balaban J connectivity index is 1.20. The molecular weight excluding hydrogens is 491 g/mol. The molecule has 2 aromatic rings. The van der Waals surface area contributed by atoms with E-state index in [1.807, 2.05) is 9.80 Å². The third kappa shape index (κ3) is 5.80. The number of fused-ring (bicyclic) bond motifs is 1.